The summed E-state index contributed by atoms with van der Waals surface area (Å²) in [6.07, 6.45) is 3.12. The Morgan fingerprint density at radius 3 is 2.50 bits per heavy atom. The number of anilines is 2. The summed E-state index contributed by atoms with van der Waals surface area (Å²) < 4.78 is 5.72. The summed E-state index contributed by atoms with van der Waals surface area (Å²) in [6, 6.07) is 17.8. The maximum Gasteiger partial charge on any atom is 0.294 e. The van der Waals surface area contributed by atoms with Crippen LogP contribution in [-0.2, 0) is 9.59 Å². The number of Topliss-reactive ketones (excluding diaryl/α,β-unsaturated/α-hetero) is 1. The average Bonchev–Trinajstić information content (AvgIpc) is 3.39. The van der Waals surface area contributed by atoms with Gasteiger partial charge in [0.15, 0.2) is 11.5 Å². The zero-order chi connectivity index (χ0) is 23.8. The van der Waals surface area contributed by atoms with Gasteiger partial charge in [0.1, 0.15) is 5.58 Å². The van der Waals surface area contributed by atoms with Crippen molar-refractivity contribution in [1.82, 2.24) is 4.98 Å². The number of rotatable bonds is 5. The van der Waals surface area contributed by atoms with Crippen molar-refractivity contribution in [2.24, 2.45) is 0 Å². The van der Waals surface area contributed by atoms with Crippen molar-refractivity contribution in [2.45, 2.75) is 13.0 Å². The Morgan fingerprint density at radius 2 is 1.82 bits per heavy atom. The van der Waals surface area contributed by atoms with E-state index in [9.17, 15) is 19.5 Å². The van der Waals surface area contributed by atoms with Crippen LogP contribution in [-0.4, -0.2) is 27.7 Å². The van der Waals surface area contributed by atoms with Crippen molar-refractivity contribution in [3.63, 3.8) is 0 Å². The molecule has 1 atom stereocenters. The van der Waals surface area contributed by atoms with E-state index >= 15 is 0 Å². The van der Waals surface area contributed by atoms with Crippen LogP contribution < -0.4 is 10.2 Å². The molecule has 3 heterocycles. The molecule has 1 unspecified atom stereocenters. The first-order valence-corrected chi connectivity index (χ1v) is 10.5. The fourth-order valence-electron chi connectivity index (χ4n) is 4.09. The Balaban J connectivity index is 1.60. The van der Waals surface area contributed by atoms with Crippen molar-refractivity contribution < 1.29 is 23.9 Å². The monoisotopic (exact) mass is 453 g/mol. The third kappa shape index (κ3) is 3.61. The Kier molecular flexibility index (Phi) is 5.18. The third-order valence-corrected chi connectivity index (χ3v) is 5.57. The smallest absolute Gasteiger partial charge is 0.294 e. The van der Waals surface area contributed by atoms with Crippen molar-refractivity contribution in [1.29, 1.82) is 0 Å². The molecule has 2 amide bonds. The summed E-state index contributed by atoms with van der Waals surface area (Å²) in [7, 11) is 0. The summed E-state index contributed by atoms with van der Waals surface area (Å²) in [5.41, 5.74) is 1.97. The van der Waals surface area contributed by atoms with Gasteiger partial charge in [-0.1, -0.05) is 24.3 Å². The molecule has 1 aliphatic heterocycles. The molecule has 4 aromatic rings. The number of carbonyl (C=O) groups excluding carboxylic acids is 3. The lowest BCUT2D eigenvalue weighted by Gasteiger charge is -2.26. The molecule has 8 heteroatoms. The van der Waals surface area contributed by atoms with Crippen molar-refractivity contribution in [3.05, 3.63) is 102 Å². The molecule has 0 aliphatic carbocycles. The number of aliphatic hydroxyl groups excluding tert-OH is 1. The molecule has 2 aromatic carbocycles. The first-order valence-electron chi connectivity index (χ1n) is 10.5. The molecule has 0 radical (unpaired) electrons. The Morgan fingerprint density at radius 1 is 1.06 bits per heavy atom. The van der Waals surface area contributed by atoms with E-state index in [1.165, 1.54) is 11.8 Å². The van der Waals surface area contributed by atoms with Crippen LogP contribution in [0.3, 0.4) is 0 Å². The normalized spacial score (nSPS) is 15.7. The van der Waals surface area contributed by atoms with E-state index in [4.69, 9.17) is 4.42 Å². The Labute approximate surface area is 194 Å². The van der Waals surface area contributed by atoms with Gasteiger partial charge in [0.25, 0.3) is 5.91 Å². The number of nitrogens with one attached hydrogen (secondary N) is 1. The van der Waals surface area contributed by atoms with Gasteiger partial charge in [0.2, 0.25) is 11.7 Å². The lowest BCUT2D eigenvalue weighted by atomic mass is 9.96. The van der Waals surface area contributed by atoms with Gasteiger partial charge in [-0.3, -0.25) is 24.3 Å². The molecule has 5 rings (SSSR count). The number of carbonyl (C=O) groups is 3. The first kappa shape index (κ1) is 21.1. The molecule has 8 nitrogen and oxygen atoms in total. The molecule has 168 valence electrons. The number of aliphatic hydroxyl groups is 1. The maximum atomic E-state index is 13.6. The molecule has 2 aromatic heterocycles. The van der Waals surface area contributed by atoms with Crippen molar-refractivity contribution in [3.8, 4) is 0 Å². The minimum Gasteiger partial charge on any atom is -0.503 e. The highest BCUT2D eigenvalue weighted by molar-refractivity contribution is 6.20. The Bertz CT molecular complexity index is 1420. The summed E-state index contributed by atoms with van der Waals surface area (Å²) >= 11 is 0. The van der Waals surface area contributed by atoms with Crippen LogP contribution >= 0.6 is 0 Å². The highest BCUT2D eigenvalue weighted by atomic mass is 16.3. The Hall–Kier alpha value is -4.72. The number of hydrogen-bond acceptors (Lipinski definition) is 6. The molecular formula is C26H19N3O5. The minimum absolute atomic E-state index is 0.0206. The molecule has 2 N–H and O–H groups in total. The summed E-state index contributed by atoms with van der Waals surface area (Å²) in [4.78, 5) is 43.6. The lowest BCUT2D eigenvalue weighted by Crippen LogP contribution is -2.31. The quantitative estimate of drug-likeness (QED) is 0.428. The number of nitrogens with zero attached hydrogens (tertiary/aromatic N) is 2. The number of fused-ring (bicyclic) bond motifs is 1. The van der Waals surface area contributed by atoms with Crippen LogP contribution in [0.25, 0.3) is 11.0 Å². The molecule has 0 saturated carbocycles. The van der Waals surface area contributed by atoms with Crippen LogP contribution in [0.1, 0.15) is 29.1 Å². The van der Waals surface area contributed by atoms with E-state index < -0.39 is 23.5 Å². The largest absolute Gasteiger partial charge is 0.503 e. The van der Waals surface area contributed by atoms with Gasteiger partial charge in [-0.05, 0) is 48.0 Å². The molecule has 34 heavy (non-hydrogen) atoms. The minimum atomic E-state index is -0.923. The number of furan rings is 1. The number of amides is 2. The zero-order valence-corrected chi connectivity index (χ0v) is 18.1. The summed E-state index contributed by atoms with van der Waals surface area (Å²) in [6.45, 7) is 1.40. The number of ketones is 1. The molecular weight excluding hydrogens is 434 g/mol. The van der Waals surface area contributed by atoms with Crippen LogP contribution in [0, 0.1) is 0 Å². The third-order valence-electron chi connectivity index (χ3n) is 5.57. The average molecular weight is 453 g/mol. The summed E-state index contributed by atoms with van der Waals surface area (Å²) in [5.74, 6) is -2.16. The second-order valence-electron chi connectivity index (χ2n) is 7.83. The van der Waals surface area contributed by atoms with Gasteiger partial charge in [-0.15, -0.1) is 0 Å². The summed E-state index contributed by atoms with van der Waals surface area (Å²) in [5, 5.41) is 14.3. The van der Waals surface area contributed by atoms with Crippen molar-refractivity contribution >= 4 is 39.9 Å². The predicted octanol–water partition coefficient (Wildman–Crippen LogP) is 4.57. The van der Waals surface area contributed by atoms with Gasteiger partial charge in [0.05, 0.1) is 11.6 Å². The highest BCUT2D eigenvalue weighted by Crippen LogP contribution is 2.42. The van der Waals surface area contributed by atoms with Gasteiger partial charge in [0, 0.05) is 36.1 Å². The maximum absolute atomic E-state index is 13.6. The van der Waals surface area contributed by atoms with E-state index in [0.29, 0.717) is 22.5 Å². The van der Waals surface area contributed by atoms with Gasteiger partial charge in [-0.25, -0.2) is 0 Å². The number of para-hydroxylation sites is 1. The van der Waals surface area contributed by atoms with E-state index in [2.05, 4.69) is 10.3 Å². The number of hydrogen-bond donors (Lipinski definition) is 2. The lowest BCUT2D eigenvalue weighted by molar-refractivity contribution is -0.117. The highest BCUT2D eigenvalue weighted by Gasteiger charge is 2.45. The topological polar surface area (TPSA) is 113 Å². The molecule has 0 spiro atoms. The van der Waals surface area contributed by atoms with Crippen LogP contribution in [0.5, 0.6) is 0 Å². The number of aromatic nitrogens is 1. The fourth-order valence-corrected chi connectivity index (χ4v) is 4.09. The van der Waals surface area contributed by atoms with Gasteiger partial charge in [-0.2, -0.15) is 0 Å². The fraction of sp³-hybridized carbons (Fsp3) is 0.0769. The number of benzene rings is 2. The molecule has 0 saturated heterocycles. The van der Waals surface area contributed by atoms with Gasteiger partial charge < -0.3 is 14.8 Å². The second-order valence-corrected chi connectivity index (χ2v) is 7.83. The standard InChI is InChI=1S/C26H19N3O5/c1-15(30)28-18-8-10-19(11-9-18)29-23(17-6-4-12-27-14-17)22(25(32)26(29)33)24(31)21-13-16-5-2-3-7-20(16)34-21/h2-14,23,32H,1H3,(H,28,30). The van der Waals surface area contributed by atoms with Crippen LogP contribution in [0.4, 0.5) is 11.4 Å². The van der Waals surface area contributed by atoms with Gasteiger partial charge >= 0.3 is 0 Å². The molecule has 0 fully saturated rings. The van der Waals surface area contributed by atoms with Crippen LogP contribution in [0.15, 0.2) is 94.9 Å². The first-order chi connectivity index (χ1) is 16.4. The van der Waals surface area contributed by atoms with E-state index in [1.54, 1.807) is 67.0 Å². The van der Waals surface area contributed by atoms with Crippen molar-refractivity contribution in [2.75, 3.05) is 10.2 Å². The number of pyridine rings is 1. The zero-order valence-electron chi connectivity index (χ0n) is 18.1. The SMILES string of the molecule is CC(=O)Nc1ccc(N2C(=O)C(O)=C(C(=O)c3cc4ccccc4o3)C2c2cccnc2)cc1. The van der Waals surface area contributed by atoms with E-state index in [1.807, 2.05) is 12.1 Å². The van der Waals surface area contributed by atoms with E-state index in [0.717, 1.165) is 5.39 Å². The van der Waals surface area contributed by atoms with E-state index in [-0.39, 0.29) is 17.2 Å². The second kappa shape index (κ2) is 8.32. The molecule has 0 bridgehead atoms. The molecule has 1 aliphatic rings. The van der Waals surface area contributed by atoms with Crippen LogP contribution in [0.2, 0.25) is 0 Å². The predicted molar refractivity (Wildman–Crippen MR) is 125 cm³/mol.